The third kappa shape index (κ3) is 5.35. The summed E-state index contributed by atoms with van der Waals surface area (Å²) in [6.45, 7) is 0. The van der Waals surface area contributed by atoms with Gasteiger partial charge in [-0.15, -0.1) is 0 Å². The maximum atomic E-state index is 6.11. The molecule has 0 heterocycles. The summed E-state index contributed by atoms with van der Waals surface area (Å²) >= 11 is 0. The highest BCUT2D eigenvalue weighted by Gasteiger charge is 2.12. The minimum Gasteiger partial charge on any atom is -0.457 e. The standard InChI is InChI=1S/C28H30N4O2/c1-29-20-8-12-23(13-9-20)33-25-7-5-6-22(18-25)32(4)28-19-26(16-17-27(28)31-3)34-24-14-10-21(30-2)11-15-24/h5-19,29-31H,1-4H3. The van der Waals surface area contributed by atoms with Gasteiger partial charge in [-0.05, 0) is 72.8 Å². The SMILES string of the molecule is CNc1ccc(Oc2cccc(N(C)c3cc(Oc4ccc(NC)cc4)ccc3NC)c2)cc1. The number of anilines is 5. The first-order valence-electron chi connectivity index (χ1n) is 11.2. The molecule has 174 valence electrons. The third-order valence-electron chi connectivity index (χ3n) is 5.56. The van der Waals surface area contributed by atoms with E-state index in [4.69, 9.17) is 9.47 Å². The molecule has 6 heteroatoms. The molecule has 4 aromatic rings. The normalized spacial score (nSPS) is 10.4. The Morgan fingerprint density at radius 3 is 1.62 bits per heavy atom. The summed E-state index contributed by atoms with van der Waals surface area (Å²) in [7, 11) is 7.74. The average molecular weight is 455 g/mol. The summed E-state index contributed by atoms with van der Waals surface area (Å²) in [5.74, 6) is 3.10. The molecular weight excluding hydrogens is 424 g/mol. The van der Waals surface area contributed by atoms with Crippen LogP contribution in [0.2, 0.25) is 0 Å². The number of nitrogens with one attached hydrogen (secondary N) is 3. The Morgan fingerprint density at radius 1 is 0.559 bits per heavy atom. The molecular formula is C28H30N4O2. The van der Waals surface area contributed by atoms with Crippen LogP contribution in [0.15, 0.2) is 91.0 Å². The highest BCUT2D eigenvalue weighted by molar-refractivity contribution is 5.78. The molecule has 4 aromatic carbocycles. The van der Waals surface area contributed by atoms with Gasteiger partial charge in [0.15, 0.2) is 0 Å². The zero-order chi connectivity index (χ0) is 23.9. The van der Waals surface area contributed by atoms with Gasteiger partial charge in [0.2, 0.25) is 0 Å². The summed E-state index contributed by atoms with van der Waals surface area (Å²) in [5.41, 5.74) is 5.06. The van der Waals surface area contributed by atoms with Crippen LogP contribution >= 0.6 is 0 Å². The Labute approximate surface area is 201 Å². The fraction of sp³-hybridized carbons (Fsp3) is 0.143. The molecule has 0 saturated heterocycles. The Hall–Kier alpha value is -4.32. The van der Waals surface area contributed by atoms with Crippen molar-refractivity contribution in [2.45, 2.75) is 0 Å². The summed E-state index contributed by atoms with van der Waals surface area (Å²) in [4.78, 5) is 2.11. The Balaban J connectivity index is 1.56. The van der Waals surface area contributed by atoms with Crippen LogP contribution in [-0.2, 0) is 0 Å². The molecule has 0 aliphatic heterocycles. The van der Waals surface area contributed by atoms with Crippen molar-refractivity contribution in [3.05, 3.63) is 91.0 Å². The van der Waals surface area contributed by atoms with Gasteiger partial charge in [-0.3, -0.25) is 0 Å². The molecule has 0 spiro atoms. The monoisotopic (exact) mass is 454 g/mol. The van der Waals surface area contributed by atoms with Crippen molar-refractivity contribution in [2.24, 2.45) is 0 Å². The van der Waals surface area contributed by atoms with Crippen LogP contribution in [0.1, 0.15) is 0 Å². The molecule has 0 bridgehead atoms. The molecule has 4 rings (SSSR count). The zero-order valence-electron chi connectivity index (χ0n) is 19.9. The van der Waals surface area contributed by atoms with Gasteiger partial charge >= 0.3 is 0 Å². The molecule has 0 aromatic heterocycles. The second-order valence-corrected chi connectivity index (χ2v) is 7.74. The van der Waals surface area contributed by atoms with Crippen LogP contribution in [0.3, 0.4) is 0 Å². The second kappa shape index (κ2) is 10.5. The number of benzene rings is 4. The summed E-state index contributed by atoms with van der Waals surface area (Å²) in [6, 6.07) is 29.8. The number of hydrogen-bond donors (Lipinski definition) is 3. The Kier molecular flexibility index (Phi) is 7.08. The Bertz CT molecular complexity index is 1220. The number of ether oxygens (including phenoxy) is 2. The molecule has 34 heavy (non-hydrogen) atoms. The van der Waals surface area contributed by atoms with Crippen LogP contribution in [0, 0.1) is 0 Å². The van der Waals surface area contributed by atoms with E-state index in [0.717, 1.165) is 51.4 Å². The third-order valence-corrected chi connectivity index (χ3v) is 5.56. The van der Waals surface area contributed by atoms with E-state index in [1.807, 2.05) is 113 Å². The molecule has 0 unspecified atom stereocenters. The highest BCUT2D eigenvalue weighted by Crippen LogP contribution is 2.37. The fourth-order valence-corrected chi connectivity index (χ4v) is 3.61. The lowest BCUT2D eigenvalue weighted by Gasteiger charge is -2.24. The van der Waals surface area contributed by atoms with Crippen molar-refractivity contribution in [3.63, 3.8) is 0 Å². The van der Waals surface area contributed by atoms with Crippen molar-refractivity contribution in [2.75, 3.05) is 49.0 Å². The quantitative estimate of drug-likeness (QED) is 0.249. The first-order chi connectivity index (χ1) is 16.6. The van der Waals surface area contributed by atoms with Gasteiger partial charge < -0.3 is 30.3 Å². The van der Waals surface area contributed by atoms with Gasteiger partial charge in [-0.25, -0.2) is 0 Å². The highest BCUT2D eigenvalue weighted by atomic mass is 16.5. The van der Waals surface area contributed by atoms with Crippen LogP contribution in [0.25, 0.3) is 0 Å². The Morgan fingerprint density at radius 2 is 1.09 bits per heavy atom. The van der Waals surface area contributed by atoms with E-state index in [0.29, 0.717) is 0 Å². The van der Waals surface area contributed by atoms with Gasteiger partial charge in [-0.2, -0.15) is 0 Å². The van der Waals surface area contributed by atoms with Gasteiger partial charge in [0, 0.05) is 57.4 Å². The minimum absolute atomic E-state index is 0.759. The second-order valence-electron chi connectivity index (χ2n) is 7.74. The lowest BCUT2D eigenvalue weighted by atomic mass is 10.2. The van der Waals surface area contributed by atoms with Crippen molar-refractivity contribution in [1.82, 2.24) is 0 Å². The lowest BCUT2D eigenvalue weighted by molar-refractivity contribution is 0.482. The van der Waals surface area contributed by atoms with E-state index in [1.54, 1.807) is 0 Å². The van der Waals surface area contributed by atoms with Crippen LogP contribution < -0.4 is 30.3 Å². The minimum atomic E-state index is 0.759. The van der Waals surface area contributed by atoms with E-state index in [1.165, 1.54) is 0 Å². The largest absolute Gasteiger partial charge is 0.457 e. The molecule has 0 aliphatic carbocycles. The van der Waals surface area contributed by atoms with E-state index in [-0.39, 0.29) is 0 Å². The summed E-state index contributed by atoms with van der Waals surface area (Å²) in [6.07, 6.45) is 0. The van der Waals surface area contributed by atoms with Gasteiger partial charge in [-0.1, -0.05) is 6.07 Å². The predicted octanol–water partition coefficient (Wildman–Crippen LogP) is 7.16. The number of rotatable bonds is 9. The van der Waals surface area contributed by atoms with Gasteiger partial charge in [0.05, 0.1) is 11.4 Å². The zero-order valence-corrected chi connectivity index (χ0v) is 19.9. The molecule has 0 atom stereocenters. The topological polar surface area (TPSA) is 57.8 Å². The van der Waals surface area contributed by atoms with Crippen molar-refractivity contribution in [1.29, 1.82) is 0 Å². The molecule has 0 radical (unpaired) electrons. The molecule has 0 saturated carbocycles. The average Bonchev–Trinajstić information content (AvgIpc) is 2.89. The maximum Gasteiger partial charge on any atom is 0.129 e. The van der Waals surface area contributed by atoms with Crippen molar-refractivity contribution in [3.8, 4) is 23.0 Å². The first kappa shape index (κ1) is 22.9. The van der Waals surface area contributed by atoms with Crippen molar-refractivity contribution >= 4 is 28.4 Å². The van der Waals surface area contributed by atoms with E-state index >= 15 is 0 Å². The number of hydrogen-bond acceptors (Lipinski definition) is 6. The van der Waals surface area contributed by atoms with Crippen LogP contribution in [-0.4, -0.2) is 28.2 Å². The predicted molar refractivity (Wildman–Crippen MR) is 143 cm³/mol. The summed E-state index contributed by atoms with van der Waals surface area (Å²) in [5, 5.41) is 9.51. The molecule has 0 aliphatic rings. The van der Waals surface area contributed by atoms with E-state index in [9.17, 15) is 0 Å². The molecule has 6 nitrogen and oxygen atoms in total. The maximum absolute atomic E-state index is 6.11. The van der Waals surface area contributed by atoms with Crippen LogP contribution in [0.5, 0.6) is 23.0 Å². The number of nitrogens with zero attached hydrogens (tertiary/aromatic N) is 1. The molecule has 0 amide bonds. The van der Waals surface area contributed by atoms with Gasteiger partial charge in [0.25, 0.3) is 0 Å². The van der Waals surface area contributed by atoms with E-state index < -0.39 is 0 Å². The van der Waals surface area contributed by atoms with E-state index in [2.05, 4.69) is 26.9 Å². The van der Waals surface area contributed by atoms with Gasteiger partial charge in [0.1, 0.15) is 23.0 Å². The smallest absolute Gasteiger partial charge is 0.129 e. The summed E-state index contributed by atoms with van der Waals surface area (Å²) < 4.78 is 12.2. The van der Waals surface area contributed by atoms with Crippen molar-refractivity contribution < 1.29 is 9.47 Å². The first-order valence-corrected chi connectivity index (χ1v) is 11.2. The fourth-order valence-electron chi connectivity index (χ4n) is 3.61. The molecule has 0 fully saturated rings. The van der Waals surface area contributed by atoms with Crippen LogP contribution in [0.4, 0.5) is 28.4 Å². The lowest BCUT2D eigenvalue weighted by Crippen LogP contribution is -2.11. The molecule has 3 N–H and O–H groups in total.